The van der Waals surface area contributed by atoms with E-state index in [0.29, 0.717) is 13.0 Å². The summed E-state index contributed by atoms with van der Waals surface area (Å²) in [6.07, 6.45) is 3.68. The van der Waals surface area contributed by atoms with E-state index in [9.17, 15) is 14.4 Å². The molecule has 3 rings (SSSR count). The second kappa shape index (κ2) is 11.8. The van der Waals surface area contributed by atoms with Crippen molar-refractivity contribution < 1.29 is 14.4 Å². The minimum Gasteiger partial charge on any atom is -0.325 e. The predicted molar refractivity (Wildman–Crippen MR) is 149 cm³/mol. The van der Waals surface area contributed by atoms with Gasteiger partial charge in [-0.15, -0.1) is 12.6 Å². The molecule has 194 valence electrons. The lowest BCUT2D eigenvalue weighted by Crippen LogP contribution is -2.63. The summed E-state index contributed by atoms with van der Waals surface area (Å²) in [6.45, 7) is 10.2. The van der Waals surface area contributed by atoms with Crippen LogP contribution in [0.3, 0.4) is 0 Å². The van der Waals surface area contributed by atoms with Gasteiger partial charge in [-0.2, -0.15) is 0 Å². The lowest BCUT2D eigenvalue weighted by molar-refractivity contribution is -0.158. The van der Waals surface area contributed by atoms with Crippen molar-refractivity contribution in [3.63, 3.8) is 0 Å². The Balaban J connectivity index is 2.28. The zero-order valence-electron chi connectivity index (χ0n) is 22.4. The number of hydrogen-bond donors (Lipinski definition) is 1. The van der Waals surface area contributed by atoms with Crippen LogP contribution >= 0.6 is 12.6 Å². The van der Waals surface area contributed by atoms with Crippen LogP contribution < -0.4 is 0 Å². The lowest BCUT2D eigenvalue weighted by atomic mass is 9.53. The van der Waals surface area contributed by atoms with Gasteiger partial charge in [0.05, 0.1) is 0 Å². The molecule has 2 aromatic carbocycles. The summed E-state index contributed by atoms with van der Waals surface area (Å²) in [4.78, 5) is 42.3. The Kier molecular flexibility index (Phi) is 9.21. The third-order valence-corrected chi connectivity index (χ3v) is 8.78. The van der Waals surface area contributed by atoms with E-state index in [1.54, 1.807) is 18.7 Å². The van der Waals surface area contributed by atoms with Crippen LogP contribution in [0.4, 0.5) is 0 Å². The average molecular weight is 508 g/mol. The van der Waals surface area contributed by atoms with Crippen molar-refractivity contribution in [2.45, 2.75) is 84.6 Å². The maximum atomic E-state index is 13.8. The maximum Gasteiger partial charge on any atom is 0.291 e. The van der Waals surface area contributed by atoms with Gasteiger partial charge in [-0.25, -0.2) is 0 Å². The molecule has 36 heavy (non-hydrogen) atoms. The van der Waals surface area contributed by atoms with Crippen LogP contribution in [0.1, 0.15) is 89.7 Å². The molecule has 3 unspecified atom stereocenters. The Morgan fingerprint density at radius 3 is 1.78 bits per heavy atom. The minimum atomic E-state index is -0.797. The first-order chi connectivity index (χ1) is 17.2. The minimum absolute atomic E-state index is 0.00911. The number of piperidine rings is 1. The molecule has 0 bridgehead atoms. The number of benzene rings is 2. The summed E-state index contributed by atoms with van der Waals surface area (Å²) in [6, 6.07) is 19.8. The second-order valence-corrected chi connectivity index (χ2v) is 11.2. The molecule has 1 fully saturated rings. The molecule has 0 aromatic heterocycles. The Labute approximate surface area is 222 Å². The summed E-state index contributed by atoms with van der Waals surface area (Å²) in [5.74, 6) is -0.963. The molecule has 0 radical (unpaired) electrons. The van der Waals surface area contributed by atoms with Gasteiger partial charge in [0, 0.05) is 17.4 Å². The van der Waals surface area contributed by atoms with Gasteiger partial charge in [-0.3, -0.25) is 14.4 Å². The van der Waals surface area contributed by atoms with E-state index in [4.69, 9.17) is 0 Å². The average Bonchev–Trinajstić information content (AvgIpc) is 2.89. The van der Waals surface area contributed by atoms with Gasteiger partial charge in [0.25, 0.3) is 5.91 Å². The molecule has 0 aliphatic carbocycles. The van der Waals surface area contributed by atoms with E-state index in [0.717, 1.165) is 36.8 Å². The Hall–Kier alpha value is -2.40. The second-order valence-electron chi connectivity index (χ2n) is 10.8. The Morgan fingerprint density at radius 1 is 0.917 bits per heavy atom. The van der Waals surface area contributed by atoms with Crippen LogP contribution in [0, 0.1) is 10.8 Å². The molecule has 1 saturated heterocycles. The van der Waals surface area contributed by atoms with E-state index in [1.165, 1.54) is 0 Å². The van der Waals surface area contributed by atoms with Gasteiger partial charge >= 0.3 is 0 Å². The first kappa shape index (κ1) is 28.2. The number of carbonyl (C=O) groups is 3. The summed E-state index contributed by atoms with van der Waals surface area (Å²) in [5, 5.41) is -0.339. The SMILES string of the molecule is CCC(c1ccccc1)C1(C(CC)c2ccccc2)CCCN(C(=O)C(=O)C(C)(C)CC)C1C(=O)S. The third kappa shape index (κ3) is 5.18. The molecule has 1 aliphatic heterocycles. The molecule has 2 aromatic rings. The van der Waals surface area contributed by atoms with Crippen molar-refractivity contribution >= 4 is 29.4 Å². The van der Waals surface area contributed by atoms with E-state index in [2.05, 4.69) is 50.7 Å². The Morgan fingerprint density at radius 2 is 1.39 bits per heavy atom. The van der Waals surface area contributed by atoms with Gasteiger partial charge in [-0.05, 0) is 55.1 Å². The van der Waals surface area contributed by atoms with E-state index < -0.39 is 28.6 Å². The van der Waals surface area contributed by atoms with Crippen LogP contribution in [0.5, 0.6) is 0 Å². The van der Waals surface area contributed by atoms with Crippen LogP contribution in [-0.4, -0.2) is 34.3 Å². The van der Waals surface area contributed by atoms with Crippen molar-refractivity contribution in [3.05, 3.63) is 71.8 Å². The quantitative estimate of drug-likeness (QED) is 0.284. The predicted octanol–water partition coefficient (Wildman–Crippen LogP) is 6.81. The normalized spacial score (nSPS) is 22.1. The number of hydrogen-bond acceptors (Lipinski definition) is 3. The highest BCUT2D eigenvalue weighted by atomic mass is 32.1. The van der Waals surface area contributed by atoms with Gasteiger partial charge in [0.2, 0.25) is 10.9 Å². The molecule has 0 N–H and O–H groups in total. The van der Waals surface area contributed by atoms with Gasteiger partial charge in [0.15, 0.2) is 0 Å². The van der Waals surface area contributed by atoms with Crippen molar-refractivity contribution in [2.24, 2.45) is 10.8 Å². The third-order valence-electron chi connectivity index (χ3n) is 8.54. The molecule has 1 aliphatic rings. The number of carbonyl (C=O) groups excluding carboxylic acids is 3. The Bertz CT molecular complexity index is 1000. The summed E-state index contributed by atoms with van der Waals surface area (Å²) in [7, 11) is 0. The molecule has 5 heteroatoms. The van der Waals surface area contributed by atoms with Gasteiger partial charge < -0.3 is 4.90 Å². The molecule has 0 spiro atoms. The molecule has 4 nitrogen and oxygen atoms in total. The number of likely N-dealkylation sites (tertiary alicyclic amines) is 1. The van der Waals surface area contributed by atoms with Crippen molar-refractivity contribution in [1.29, 1.82) is 0 Å². The van der Waals surface area contributed by atoms with Crippen LogP contribution in [0.2, 0.25) is 0 Å². The number of rotatable bonds is 10. The van der Waals surface area contributed by atoms with Crippen LogP contribution in [-0.2, 0) is 14.4 Å². The highest BCUT2D eigenvalue weighted by molar-refractivity contribution is 7.96. The van der Waals surface area contributed by atoms with Gasteiger partial charge in [0.1, 0.15) is 6.04 Å². The number of amides is 1. The zero-order chi connectivity index (χ0) is 26.5. The molecule has 3 atom stereocenters. The topological polar surface area (TPSA) is 54.5 Å². The van der Waals surface area contributed by atoms with Crippen molar-refractivity contribution in [2.75, 3.05) is 6.54 Å². The lowest BCUT2D eigenvalue weighted by Gasteiger charge is -2.56. The first-order valence-electron chi connectivity index (χ1n) is 13.3. The van der Waals surface area contributed by atoms with E-state index >= 15 is 0 Å². The first-order valence-corrected chi connectivity index (χ1v) is 13.8. The standard InChI is InChI=1S/C31H41NO3S/c1-6-24(22-16-11-9-12-17-22)31(25(7-2)23-18-13-10-14-19-23)20-15-21-32(26(31)29(35)36)28(34)27(33)30(4,5)8-3/h9-14,16-19,24-26H,6-8,15,20-21H2,1-5H3,(H,35,36). The highest BCUT2D eigenvalue weighted by Crippen LogP contribution is 2.58. The number of Topliss-reactive ketones (excluding diaryl/α,β-unsaturated/α-hetero) is 1. The fraction of sp³-hybridized carbons (Fsp3) is 0.516. The molecule has 0 saturated carbocycles. The summed E-state index contributed by atoms with van der Waals surface area (Å²) >= 11 is 4.42. The smallest absolute Gasteiger partial charge is 0.291 e. The molecule has 1 heterocycles. The summed E-state index contributed by atoms with van der Waals surface area (Å²) < 4.78 is 0. The van der Waals surface area contributed by atoms with Crippen molar-refractivity contribution in [1.82, 2.24) is 4.90 Å². The molecular weight excluding hydrogens is 466 g/mol. The zero-order valence-corrected chi connectivity index (χ0v) is 23.3. The highest BCUT2D eigenvalue weighted by Gasteiger charge is 2.58. The van der Waals surface area contributed by atoms with E-state index in [1.807, 2.05) is 43.3 Å². The van der Waals surface area contributed by atoms with Gasteiger partial charge in [-0.1, -0.05) is 95.3 Å². The fourth-order valence-electron chi connectivity index (χ4n) is 6.47. The molecular formula is C31H41NO3S. The molecule has 1 amide bonds. The number of nitrogens with zero attached hydrogens (tertiary/aromatic N) is 1. The van der Waals surface area contributed by atoms with Crippen LogP contribution in [0.25, 0.3) is 0 Å². The monoisotopic (exact) mass is 507 g/mol. The fourth-order valence-corrected chi connectivity index (χ4v) is 6.85. The van der Waals surface area contributed by atoms with Crippen LogP contribution in [0.15, 0.2) is 60.7 Å². The van der Waals surface area contributed by atoms with E-state index in [-0.39, 0.29) is 17.0 Å². The van der Waals surface area contributed by atoms with Crippen molar-refractivity contribution in [3.8, 4) is 0 Å². The number of thiol groups is 1. The summed E-state index contributed by atoms with van der Waals surface area (Å²) in [5.41, 5.74) is 0.927. The number of ketones is 1. The maximum absolute atomic E-state index is 13.8. The largest absolute Gasteiger partial charge is 0.325 e.